The Hall–Kier alpha value is -0.230. The fourth-order valence-electron chi connectivity index (χ4n) is 1.52. The van der Waals surface area contributed by atoms with E-state index in [1.165, 1.54) is 0 Å². The predicted octanol–water partition coefficient (Wildman–Crippen LogP) is 2.53. The number of benzene rings is 1. The van der Waals surface area contributed by atoms with Crippen LogP contribution in [-0.2, 0) is 0 Å². The van der Waals surface area contributed by atoms with E-state index in [9.17, 15) is 5.11 Å². The summed E-state index contributed by atoms with van der Waals surface area (Å²) in [4.78, 5) is 0. The van der Waals surface area contributed by atoms with Crippen LogP contribution in [0.4, 0.5) is 0 Å². The van der Waals surface area contributed by atoms with E-state index >= 15 is 0 Å². The highest BCUT2D eigenvalue weighted by atomic mass is 79.9. The lowest BCUT2D eigenvalue weighted by Gasteiger charge is -2.22. The van der Waals surface area contributed by atoms with Gasteiger partial charge in [0.2, 0.25) is 0 Å². The van der Waals surface area contributed by atoms with Gasteiger partial charge in [0.1, 0.15) is 12.4 Å². The molecule has 0 saturated carbocycles. The van der Waals surface area contributed by atoms with Crippen molar-refractivity contribution < 1.29 is 9.84 Å². The van der Waals surface area contributed by atoms with Gasteiger partial charge in [-0.05, 0) is 31.4 Å². The molecule has 1 aromatic rings. The summed E-state index contributed by atoms with van der Waals surface area (Å²) in [6.07, 6.45) is 1.99. The SMILES string of the molecule is CSCC(C)(O)CNCCOc1cccc(Br)c1. The topological polar surface area (TPSA) is 41.5 Å². The predicted molar refractivity (Wildman–Crippen MR) is 81.5 cm³/mol. The highest BCUT2D eigenvalue weighted by Gasteiger charge is 2.18. The van der Waals surface area contributed by atoms with Gasteiger partial charge in [-0.25, -0.2) is 0 Å². The Morgan fingerprint density at radius 3 is 2.94 bits per heavy atom. The maximum atomic E-state index is 9.94. The van der Waals surface area contributed by atoms with E-state index in [2.05, 4.69) is 21.2 Å². The molecule has 18 heavy (non-hydrogen) atoms. The van der Waals surface area contributed by atoms with E-state index in [4.69, 9.17) is 4.74 Å². The zero-order chi connectivity index (χ0) is 13.4. The van der Waals surface area contributed by atoms with Crippen LogP contribution in [-0.4, -0.2) is 42.4 Å². The second kappa shape index (κ2) is 8.04. The molecule has 0 aliphatic rings. The zero-order valence-electron chi connectivity index (χ0n) is 10.8. The summed E-state index contributed by atoms with van der Waals surface area (Å²) in [5, 5.41) is 13.1. The fraction of sp³-hybridized carbons (Fsp3) is 0.538. The minimum Gasteiger partial charge on any atom is -0.492 e. The number of hydrogen-bond acceptors (Lipinski definition) is 4. The van der Waals surface area contributed by atoms with Crippen LogP contribution < -0.4 is 10.1 Å². The van der Waals surface area contributed by atoms with Gasteiger partial charge >= 0.3 is 0 Å². The van der Waals surface area contributed by atoms with Gasteiger partial charge in [-0.1, -0.05) is 22.0 Å². The molecule has 0 amide bonds. The van der Waals surface area contributed by atoms with Crippen LogP contribution in [0.2, 0.25) is 0 Å². The summed E-state index contributed by atoms with van der Waals surface area (Å²) in [6.45, 7) is 3.73. The lowest BCUT2D eigenvalue weighted by Crippen LogP contribution is -2.41. The molecular formula is C13H20BrNO2S. The summed E-state index contributed by atoms with van der Waals surface area (Å²) in [5.41, 5.74) is -0.658. The van der Waals surface area contributed by atoms with Gasteiger partial charge in [0.15, 0.2) is 0 Å². The third kappa shape index (κ3) is 6.64. The molecule has 102 valence electrons. The zero-order valence-corrected chi connectivity index (χ0v) is 13.2. The molecule has 2 N–H and O–H groups in total. The van der Waals surface area contributed by atoms with Crippen LogP contribution >= 0.6 is 27.7 Å². The van der Waals surface area contributed by atoms with Crippen molar-refractivity contribution in [3.05, 3.63) is 28.7 Å². The largest absolute Gasteiger partial charge is 0.492 e. The van der Waals surface area contributed by atoms with Gasteiger partial charge in [0.25, 0.3) is 0 Å². The molecule has 0 spiro atoms. The van der Waals surface area contributed by atoms with Crippen molar-refractivity contribution in [2.45, 2.75) is 12.5 Å². The number of rotatable bonds is 8. The van der Waals surface area contributed by atoms with E-state index < -0.39 is 5.60 Å². The van der Waals surface area contributed by atoms with Crippen LogP contribution in [0.15, 0.2) is 28.7 Å². The summed E-state index contributed by atoms with van der Waals surface area (Å²) < 4.78 is 6.59. The van der Waals surface area contributed by atoms with Crippen molar-refractivity contribution in [1.29, 1.82) is 0 Å². The van der Waals surface area contributed by atoms with Crippen molar-refractivity contribution in [2.75, 3.05) is 31.7 Å². The lowest BCUT2D eigenvalue weighted by atomic mass is 10.1. The van der Waals surface area contributed by atoms with Crippen LogP contribution in [0.1, 0.15) is 6.92 Å². The molecular weight excluding hydrogens is 314 g/mol. The molecule has 0 aliphatic carbocycles. The quantitative estimate of drug-likeness (QED) is 0.717. The van der Waals surface area contributed by atoms with Gasteiger partial charge in [-0.15, -0.1) is 0 Å². The first-order valence-electron chi connectivity index (χ1n) is 5.84. The molecule has 0 bridgehead atoms. The van der Waals surface area contributed by atoms with E-state index in [-0.39, 0.29) is 0 Å². The normalized spacial score (nSPS) is 14.2. The maximum absolute atomic E-state index is 9.94. The summed E-state index contributed by atoms with van der Waals surface area (Å²) in [6, 6.07) is 7.76. The van der Waals surface area contributed by atoms with E-state index in [1.54, 1.807) is 11.8 Å². The van der Waals surface area contributed by atoms with Crippen LogP contribution in [0.25, 0.3) is 0 Å². The Bertz CT molecular complexity index is 361. The smallest absolute Gasteiger partial charge is 0.120 e. The molecule has 0 radical (unpaired) electrons. The lowest BCUT2D eigenvalue weighted by molar-refractivity contribution is 0.0839. The molecule has 0 heterocycles. The first-order chi connectivity index (χ1) is 8.53. The minimum absolute atomic E-state index is 0.579. The molecule has 1 atom stereocenters. The van der Waals surface area contributed by atoms with Crippen molar-refractivity contribution in [1.82, 2.24) is 5.32 Å². The molecule has 0 saturated heterocycles. The highest BCUT2D eigenvalue weighted by Crippen LogP contribution is 2.17. The second-order valence-corrected chi connectivity index (χ2v) is 6.19. The molecule has 3 nitrogen and oxygen atoms in total. The number of nitrogens with one attached hydrogen (secondary N) is 1. The molecule has 1 unspecified atom stereocenters. The first kappa shape index (κ1) is 15.8. The monoisotopic (exact) mass is 333 g/mol. The Morgan fingerprint density at radius 2 is 2.28 bits per heavy atom. The Labute approximate surface area is 121 Å². The number of thioether (sulfide) groups is 1. The third-order valence-electron chi connectivity index (χ3n) is 2.30. The molecule has 0 aliphatic heterocycles. The van der Waals surface area contributed by atoms with Gasteiger partial charge in [-0.2, -0.15) is 11.8 Å². The van der Waals surface area contributed by atoms with E-state index in [1.807, 2.05) is 37.4 Å². The van der Waals surface area contributed by atoms with Crippen molar-refractivity contribution >= 4 is 27.7 Å². The van der Waals surface area contributed by atoms with E-state index in [0.717, 1.165) is 22.5 Å². The second-order valence-electron chi connectivity index (χ2n) is 4.41. The summed E-state index contributed by atoms with van der Waals surface area (Å²) >= 11 is 5.04. The van der Waals surface area contributed by atoms with Crippen LogP contribution in [0, 0.1) is 0 Å². The van der Waals surface area contributed by atoms with Crippen molar-refractivity contribution in [2.24, 2.45) is 0 Å². The number of aliphatic hydroxyl groups is 1. The number of halogens is 1. The van der Waals surface area contributed by atoms with Crippen molar-refractivity contribution in [3.63, 3.8) is 0 Å². The van der Waals surface area contributed by atoms with E-state index in [0.29, 0.717) is 13.2 Å². The summed E-state index contributed by atoms with van der Waals surface area (Å²) in [5.74, 6) is 1.58. The Balaban J connectivity index is 2.16. The van der Waals surface area contributed by atoms with Gasteiger partial charge in [0, 0.05) is 23.3 Å². The Morgan fingerprint density at radius 1 is 1.50 bits per heavy atom. The Kier molecular flexibility index (Phi) is 7.07. The minimum atomic E-state index is -0.658. The van der Waals surface area contributed by atoms with Gasteiger partial charge in [0.05, 0.1) is 5.60 Å². The molecule has 0 fully saturated rings. The fourth-order valence-corrected chi connectivity index (χ4v) is 2.62. The highest BCUT2D eigenvalue weighted by molar-refractivity contribution is 9.10. The van der Waals surface area contributed by atoms with Crippen molar-refractivity contribution in [3.8, 4) is 5.75 Å². The first-order valence-corrected chi connectivity index (χ1v) is 8.02. The molecule has 1 aromatic carbocycles. The molecule has 1 rings (SSSR count). The third-order valence-corrected chi connectivity index (χ3v) is 3.71. The van der Waals surface area contributed by atoms with Crippen LogP contribution in [0.5, 0.6) is 5.75 Å². The average Bonchev–Trinajstić information content (AvgIpc) is 2.28. The maximum Gasteiger partial charge on any atom is 0.120 e. The van der Waals surface area contributed by atoms with Gasteiger partial charge in [-0.3, -0.25) is 0 Å². The molecule has 0 aromatic heterocycles. The number of ether oxygens (including phenoxy) is 1. The molecule has 5 heteroatoms. The van der Waals surface area contributed by atoms with Crippen LogP contribution in [0.3, 0.4) is 0 Å². The van der Waals surface area contributed by atoms with Gasteiger partial charge < -0.3 is 15.2 Å². The number of hydrogen-bond donors (Lipinski definition) is 2. The standard InChI is InChI=1S/C13H20BrNO2S/c1-13(16,10-18-2)9-15-6-7-17-12-5-3-4-11(14)8-12/h3-5,8,15-16H,6-7,9-10H2,1-2H3. The summed E-state index contributed by atoms with van der Waals surface area (Å²) in [7, 11) is 0. The average molecular weight is 334 g/mol.